The van der Waals surface area contributed by atoms with Gasteiger partial charge in [-0.1, -0.05) is 0 Å². The molecule has 1 N–H and O–H groups in total. The lowest BCUT2D eigenvalue weighted by Crippen LogP contribution is -2.44. The number of carboxylic acid groups (broad SMARTS) is 1. The molecule has 5 heteroatoms. The summed E-state index contributed by atoms with van der Waals surface area (Å²) in [4.78, 5) is 11.0. The molecule has 0 radical (unpaired) electrons. The fraction of sp³-hybridized carbons (Fsp3) is 0.900. The Morgan fingerprint density at radius 3 is 2.87 bits per heavy atom. The number of hydrogen-bond donors (Lipinski definition) is 1. The highest BCUT2D eigenvalue weighted by atomic mass is 16.6. The van der Waals surface area contributed by atoms with Crippen molar-refractivity contribution in [3.05, 3.63) is 0 Å². The third-order valence-corrected chi connectivity index (χ3v) is 2.48. The summed E-state index contributed by atoms with van der Waals surface area (Å²) in [6.45, 7) is 2.59. The molecule has 2 atom stereocenters. The smallest absolute Gasteiger partial charge is 0.338 e. The first kappa shape index (κ1) is 12.4. The van der Waals surface area contributed by atoms with Crippen LogP contribution in [0, 0.1) is 0 Å². The molecule has 0 saturated carbocycles. The summed E-state index contributed by atoms with van der Waals surface area (Å²) >= 11 is 0. The van der Waals surface area contributed by atoms with E-state index in [0.717, 1.165) is 19.4 Å². The number of aliphatic carboxylic acids is 1. The molecule has 0 aromatic carbocycles. The molecule has 5 nitrogen and oxygen atoms in total. The van der Waals surface area contributed by atoms with Crippen LogP contribution in [0.15, 0.2) is 0 Å². The molecule has 0 amide bonds. The van der Waals surface area contributed by atoms with Gasteiger partial charge in [-0.2, -0.15) is 0 Å². The second kappa shape index (κ2) is 5.44. The second-order valence-electron chi connectivity index (χ2n) is 3.92. The van der Waals surface area contributed by atoms with Crippen LogP contribution in [0.4, 0.5) is 0 Å². The average Bonchev–Trinajstić information content (AvgIpc) is 2.67. The molecule has 0 aromatic heterocycles. The van der Waals surface area contributed by atoms with E-state index >= 15 is 0 Å². The molecule has 88 valence electrons. The molecule has 0 aliphatic carbocycles. The van der Waals surface area contributed by atoms with Crippen LogP contribution in [0.1, 0.15) is 19.8 Å². The fourth-order valence-electron chi connectivity index (χ4n) is 1.49. The number of rotatable bonds is 6. The van der Waals surface area contributed by atoms with Gasteiger partial charge in [-0.25, -0.2) is 4.79 Å². The second-order valence-corrected chi connectivity index (χ2v) is 3.92. The quantitative estimate of drug-likeness (QED) is 0.710. The van der Waals surface area contributed by atoms with Crippen molar-refractivity contribution in [2.24, 2.45) is 0 Å². The van der Waals surface area contributed by atoms with Gasteiger partial charge in [0.15, 0.2) is 5.60 Å². The van der Waals surface area contributed by atoms with Crippen LogP contribution in [0.25, 0.3) is 0 Å². The highest BCUT2D eigenvalue weighted by Gasteiger charge is 2.35. The van der Waals surface area contributed by atoms with E-state index in [1.165, 1.54) is 14.0 Å². The molecule has 1 heterocycles. The number of ether oxygens (including phenoxy) is 3. The van der Waals surface area contributed by atoms with Crippen LogP contribution in [0.3, 0.4) is 0 Å². The Bertz CT molecular complexity index is 212. The zero-order valence-electron chi connectivity index (χ0n) is 9.19. The maximum absolute atomic E-state index is 11.0. The van der Waals surface area contributed by atoms with Crippen molar-refractivity contribution in [3.8, 4) is 0 Å². The van der Waals surface area contributed by atoms with E-state index in [0.29, 0.717) is 6.61 Å². The van der Waals surface area contributed by atoms with E-state index in [1.807, 2.05) is 0 Å². The number of methoxy groups -OCH3 is 1. The minimum atomic E-state index is -1.28. The minimum Gasteiger partial charge on any atom is -0.479 e. The predicted molar refractivity (Wildman–Crippen MR) is 52.8 cm³/mol. The third kappa shape index (κ3) is 3.44. The molecule has 2 unspecified atom stereocenters. The van der Waals surface area contributed by atoms with Crippen LogP contribution in [0.5, 0.6) is 0 Å². The van der Waals surface area contributed by atoms with E-state index in [2.05, 4.69) is 0 Å². The van der Waals surface area contributed by atoms with Crippen molar-refractivity contribution in [1.29, 1.82) is 0 Å². The van der Waals surface area contributed by atoms with Gasteiger partial charge in [-0.3, -0.25) is 0 Å². The number of carboxylic acids is 1. The summed E-state index contributed by atoms with van der Waals surface area (Å²) < 4.78 is 15.6. The molecule has 0 bridgehead atoms. The van der Waals surface area contributed by atoms with E-state index in [4.69, 9.17) is 19.3 Å². The first-order valence-corrected chi connectivity index (χ1v) is 5.06. The Balaban J connectivity index is 2.40. The van der Waals surface area contributed by atoms with E-state index in [1.54, 1.807) is 0 Å². The topological polar surface area (TPSA) is 65.0 Å². The standard InChI is InChI=1S/C10H18O5/c1-10(7-13-2,9(11)12)15-6-8-4-3-5-14-8/h8H,3-7H2,1-2H3,(H,11,12). The van der Waals surface area contributed by atoms with Gasteiger partial charge in [0.1, 0.15) is 0 Å². The number of hydrogen-bond acceptors (Lipinski definition) is 4. The minimum absolute atomic E-state index is 0.0283. The summed E-state index contributed by atoms with van der Waals surface area (Å²) in [6, 6.07) is 0. The van der Waals surface area contributed by atoms with Crippen LogP contribution >= 0.6 is 0 Å². The summed E-state index contributed by atoms with van der Waals surface area (Å²) in [6.07, 6.45) is 1.98. The Hall–Kier alpha value is -0.650. The van der Waals surface area contributed by atoms with Gasteiger partial charge in [-0.05, 0) is 19.8 Å². The van der Waals surface area contributed by atoms with Crippen molar-refractivity contribution in [2.75, 3.05) is 26.9 Å². The summed E-state index contributed by atoms with van der Waals surface area (Å²) in [5.74, 6) is -1.01. The lowest BCUT2D eigenvalue weighted by Gasteiger charge is -2.25. The van der Waals surface area contributed by atoms with Crippen molar-refractivity contribution in [1.82, 2.24) is 0 Å². The monoisotopic (exact) mass is 218 g/mol. The molecule has 0 spiro atoms. The Labute approximate surface area is 89.3 Å². The lowest BCUT2D eigenvalue weighted by molar-refractivity contribution is -0.174. The molecule has 0 aromatic rings. The zero-order valence-corrected chi connectivity index (χ0v) is 9.19. The van der Waals surface area contributed by atoms with Crippen LogP contribution < -0.4 is 0 Å². The maximum Gasteiger partial charge on any atom is 0.338 e. The molecule has 1 aliphatic heterocycles. The van der Waals surface area contributed by atoms with E-state index in [-0.39, 0.29) is 12.7 Å². The van der Waals surface area contributed by atoms with Crippen LogP contribution in [-0.2, 0) is 19.0 Å². The fourth-order valence-corrected chi connectivity index (χ4v) is 1.49. The Morgan fingerprint density at radius 2 is 2.40 bits per heavy atom. The highest BCUT2D eigenvalue weighted by molar-refractivity contribution is 5.77. The van der Waals surface area contributed by atoms with E-state index < -0.39 is 11.6 Å². The van der Waals surface area contributed by atoms with Crippen molar-refractivity contribution >= 4 is 5.97 Å². The Morgan fingerprint density at radius 1 is 1.67 bits per heavy atom. The lowest BCUT2D eigenvalue weighted by atomic mass is 10.1. The summed E-state index contributed by atoms with van der Waals surface area (Å²) in [7, 11) is 1.45. The maximum atomic E-state index is 11.0. The number of carbonyl (C=O) groups is 1. The molecule has 1 saturated heterocycles. The molecule has 1 fully saturated rings. The highest BCUT2D eigenvalue weighted by Crippen LogP contribution is 2.17. The molecule has 1 aliphatic rings. The average molecular weight is 218 g/mol. The molecular formula is C10H18O5. The predicted octanol–water partition coefficient (Wildman–Crippen LogP) is 0.672. The van der Waals surface area contributed by atoms with Crippen molar-refractivity contribution in [3.63, 3.8) is 0 Å². The van der Waals surface area contributed by atoms with Crippen LogP contribution in [0.2, 0.25) is 0 Å². The SMILES string of the molecule is COCC(C)(OCC1CCCO1)C(=O)O. The summed E-state index contributed by atoms with van der Waals surface area (Å²) in [5.41, 5.74) is -1.28. The zero-order chi connectivity index (χ0) is 11.3. The third-order valence-electron chi connectivity index (χ3n) is 2.48. The van der Waals surface area contributed by atoms with Crippen molar-refractivity contribution in [2.45, 2.75) is 31.5 Å². The normalized spacial score (nSPS) is 25.1. The van der Waals surface area contributed by atoms with Gasteiger partial charge in [0.05, 0.1) is 19.3 Å². The van der Waals surface area contributed by atoms with Gasteiger partial charge < -0.3 is 19.3 Å². The van der Waals surface area contributed by atoms with Gasteiger partial charge in [0, 0.05) is 13.7 Å². The van der Waals surface area contributed by atoms with Crippen LogP contribution in [-0.4, -0.2) is 49.7 Å². The van der Waals surface area contributed by atoms with E-state index in [9.17, 15) is 4.79 Å². The molecular weight excluding hydrogens is 200 g/mol. The van der Waals surface area contributed by atoms with Gasteiger partial charge in [0.25, 0.3) is 0 Å². The molecule has 1 rings (SSSR count). The Kier molecular flexibility index (Phi) is 4.50. The summed E-state index contributed by atoms with van der Waals surface area (Å²) in [5, 5.41) is 8.99. The van der Waals surface area contributed by atoms with Crippen molar-refractivity contribution < 1.29 is 24.1 Å². The first-order valence-electron chi connectivity index (χ1n) is 5.06. The van der Waals surface area contributed by atoms with Gasteiger partial charge >= 0.3 is 5.97 Å². The van der Waals surface area contributed by atoms with Gasteiger partial charge in [-0.15, -0.1) is 0 Å². The first-order chi connectivity index (χ1) is 7.08. The largest absolute Gasteiger partial charge is 0.479 e. The molecule has 15 heavy (non-hydrogen) atoms. The van der Waals surface area contributed by atoms with Gasteiger partial charge in [0.2, 0.25) is 0 Å².